The van der Waals surface area contributed by atoms with Crippen molar-refractivity contribution in [1.29, 1.82) is 0 Å². The summed E-state index contributed by atoms with van der Waals surface area (Å²) in [6.45, 7) is 0. The van der Waals surface area contributed by atoms with Crippen molar-refractivity contribution >= 4 is 5.97 Å². The minimum absolute atomic E-state index is 0.0245. The smallest absolute Gasteiger partial charge is 0.404 e. The summed E-state index contributed by atoms with van der Waals surface area (Å²) >= 11 is 0. The Morgan fingerprint density at radius 1 is 1.00 bits per heavy atom. The molecule has 0 aliphatic rings. The molecule has 3 nitrogen and oxygen atoms in total. The van der Waals surface area contributed by atoms with Crippen molar-refractivity contribution in [1.82, 2.24) is 0 Å². The fourth-order valence-corrected chi connectivity index (χ4v) is 1.94. The highest BCUT2D eigenvalue weighted by molar-refractivity contribution is 5.66. The van der Waals surface area contributed by atoms with Gasteiger partial charge in [0.15, 0.2) is 5.92 Å². The van der Waals surface area contributed by atoms with Crippen molar-refractivity contribution in [2.75, 3.05) is 0 Å². The van der Waals surface area contributed by atoms with Crippen LogP contribution >= 0.6 is 0 Å². The van der Waals surface area contributed by atoms with Crippen LogP contribution < -0.4 is 5.73 Å². The number of carboxylic acids is 1. The standard InChI is InChI=1S/C13H13F6NO2/c14-12(15,16)11(13(17,18)19)8-3-1-7(2-4-8)9(20)5-6-10(21)22/h1-4,9,11H,5-6,20H2,(H,21,22). The Kier molecular flexibility index (Phi) is 5.44. The minimum atomic E-state index is -5.45. The van der Waals surface area contributed by atoms with Crippen LogP contribution in [0.15, 0.2) is 24.3 Å². The second-order valence-electron chi connectivity index (χ2n) is 4.72. The summed E-state index contributed by atoms with van der Waals surface area (Å²) < 4.78 is 75.4. The van der Waals surface area contributed by atoms with E-state index < -0.39 is 35.8 Å². The van der Waals surface area contributed by atoms with Crippen LogP contribution in [0, 0.1) is 0 Å². The number of hydrogen-bond donors (Lipinski definition) is 2. The molecule has 0 radical (unpaired) electrons. The molecular weight excluding hydrogens is 316 g/mol. The minimum Gasteiger partial charge on any atom is -0.481 e. The number of nitrogens with two attached hydrogens (primary N) is 1. The first-order valence-electron chi connectivity index (χ1n) is 6.13. The number of hydrogen-bond acceptors (Lipinski definition) is 2. The zero-order valence-electron chi connectivity index (χ0n) is 11.1. The van der Waals surface area contributed by atoms with E-state index in [1.54, 1.807) is 0 Å². The molecule has 0 bridgehead atoms. The first kappa shape index (κ1) is 18.3. The largest absolute Gasteiger partial charge is 0.481 e. The molecule has 124 valence electrons. The number of carbonyl (C=O) groups is 1. The van der Waals surface area contributed by atoms with Gasteiger partial charge in [-0.15, -0.1) is 0 Å². The lowest BCUT2D eigenvalue weighted by Crippen LogP contribution is -2.34. The predicted octanol–water partition coefficient (Wildman–Crippen LogP) is 3.76. The molecule has 0 spiro atoms. The maximum Gasteiger partial charge on any atom is 0.404 e. The van der Waals surface area contributed by atoms with Crippen LogP contribution in [0.1, 0.15) is 35.9 Å². The van der Waals surface area contributed by atoms with Crippen molar-refractivity contribution in [3.05, 3.63) is 35.4 Å². The van der Waals surface area contributed by atoms with Crippen LogP contribution in [0.25, 0.3) is 0 Å². The summed E-state index contributed by atoms with van der Waals surface area (Å²) in [7, 11) is 0. The van der Waals surface area contributed by atoms with Gasteiger partial charge in [-0.05, 0) is 17.5 Å². The monoisotopic (exact) mass is 329 g/mol. The fourth-order valence-electron chi connectivity index (χ4n) is 1.94. The zero-order valence-corrected chi connectivity index (χ0v) is 11.1. The number of benzene rings is 1. The van der Waals surface area contributed by atoms with Gasteiger partial charge in [-0.2, -0.15) is 26.3 Å². The highest BCUT2D eigenvalue weighted by Crippen LogP contribution is 2.46. The van der Waals surface area contributed by atoms with E-state index in [1.165, 1.54) is 0 Å². The van der Waals surface area contributed by atoms with Crippen molar-refractivity contribution in [3.63, 3.8) is 0 Å². The van der Waals surface area contributed by atoms with Gasteiger partial charge in [0.1, 0.15) is 0 Å². The molecule has 0 fully saturated rings. The third kappa shape index (κ3) is 4.90. The third-order valence-electron chi connectivity index (χ3n) is 3.02. The second-order valence-corrected chi connectivity index (χ2v) is 4.72. The fraction of sp³-hybridized carbons (Fsp3) is 0.462. The van der Waals surface area contributed by atoms with Crippen molar-refractivity contribution < 1.29 is 36.2 Å². The third-order valence-corrected chi connectivity index (χ3v) is 3.02. The van der Waals surface area contributed by atoms with Crippen molar-refractivity contribution in [3.8, 4) is 0 Å². The lowest BCUT2D eigenvalue weighted by molar-refractivity contribution is -0.253. The summed E-state index contributed by atoms with van der Waals surface area (Å²) in [4.78, 5) is 10.4. The predicted molar refractivity (Wildman–Crippen MR) is 65.1 cm³/mol. The van der Waals surface area contributed by atoms with E-state index in [9.17, 15) is 31.1 Å². The first-order valence-corrected chi connectivity index (χ1v) is 6.13. The molecule has 0 saturated carbocycles. The molecule has 0 heterocycles. The van der Waals surface area contributed by atoms with Gasteiger partial charge in [0.25, 0.3) is 0 Å². The summed E-state index contributed by atoms with van der Waals surface area (Å²) in [5.74, 6) is -4.66. The van der Waals surface area contributed by atoms with E-state index in [1.807, 2.05) is 0 Å². The highest BCUT2D eigenvalue weighted by Gasteiger charge is 2.57. The molecule has 0 aromatic heterocycles. The van der Waals surface area contributed by atoms with E-state index in [0.29, 0.717) is 12.1 Å². The van der Waals surface area contributed by atoms with E-state index in [2.05, 4.69) is 0 Å². The molecule has 1 rings (SSSR count). The van der Waals surface area contributed by atoms with E-state index in [4.69, 9.17) is 10.8 Å². The quantitative estimate of drug-likeness (QED) is 0.809. The average Bonchev–Trinajstić information content (AvgIpc) is 2.33. The number of halogens is 6. The number of rotatable bonds is 5. The van der Waals surface area contributed by atoms with Crippen LogP contribution in [0.5, 0.6) is 0 Å². The van der Waals surface area contributed by atoms with Crippen molar-refractivity contribution in [2.24, 2.45) is 5.73 Å². The summed E-state index contributed by atoms with van der Waals surface area (Å²) in [5.41, 5.74) is 4.97. The van der Waals surface area contributed by atoms with Gasteiger partial charge in [-0.3, -0.25) is 4.79 Å². The topological polar surface area (TPSA) is 63.3 Å². The van der Waals surface area contributed by atoms with E-state index in [0.717, 1.165) is 12.1 Å². The van der Waals surface area contributed by atoms with Crippen molar-refractivity contribution in [2.45, 2.75) is 37.2 Å². The van der Waals surface area contributed by atoms with E-state index in [-0.39, 0.29) is 18.4 Å². The maximum atomic E-state index is 12.6. The molecule has 1 unspecified atom stereocenters. The Bertz CT molecular complexity index is 495. The van der Waals surface area contributed by atoms with Crippen LogP contribution in [0.4, 0.5) is 26.3 Å². The van der Waals surface area contributed by atoms with Gasteiger partial charge in [0, 0.05) is 12.5 Å². The molecule has 0 saturated heterocycles. The molecule has 22 heavy (non-hydrogen) atoms. The number of carboxylic acid groups (broad SMARTS) is 1. The Labute approximate surface area is 121 Å². The molecular formula is C13H13F6NO2. The Balaban J connectivity index is 2.97. The van der Waals surface area contributed by atoms with Gasteiger partial charge in [-0.25, -0.2) is 0 Å². The SMILES string of the molecule is NC(CCC(=O)O)c1ccc(C(C(F)(F)F)C(F)(F)F)cc1. The summed E-state index contributed by atoms with van der Waals surface area (Å²) in [5, 5.41) is 8.50. The average molecular weight is 329 g/mol. The summed E-state index contributed by atoms with van der Waals surface area (Å²) in [6, 6.07) is 2.74. The van der Waals surface area contributed by atoms with Gasteiger partial charge in [0.05, 0.1) is 0 Å². The van der Waals surface area contributed by atoms with Gasteiger partial charge in [-0.1, -0.05) is 24.3 Å². The molecule has 1 atom stereocenters. The Morgan fingerprint density at radius 2 is 1.41 bits per heavy atom. The Hall–Kier alpha value is -1.77. The molecule has 9 heteroatoms. The van der Waals surface area contributed by atoms with Crippen LogP contribution in [-0.4, -0.2) is 23.4 Å². The van der Waals surface area contributed by atoms with Crippen LogP contribution in [0.3, 0.4) is 0 Å². The molecule has 3 N–H and O–H groups in total. The maximum absolute atomic E-state index is 12.6. The summed E-state index contributed by atoms with van der Waals surface area (Å²) in [6.07, 6.45) is -11.1. The van der Waals surface area contributed by atoms with Gasteiger partial charge < -0.3 is 10.8 Å². The van der Waals surface area contributed by atoms with Gasteiger partial charge in [0.2, 0.25) is 0 Å². The molecule has 0 amide bonds. The molecule has 1 aromatic rings. The molecule has 0 aliphatic heterocycles. The van der Waals surface area contributed by atoms with Crippen LogP contribution in [-0.2, 0) is 4.79 Å². The Morgan fingerprint density at radius 3 is 1.77 bits per heavy atom. The lowest BCUT2D eigenvalue weighted by Gasteiger charge is -2.23. The first-order chi connectivity index (χ1) is 9.93. The lowest BCUT2D eigenvalue weighted by atomic mass is 9.94. The van der Waals surface area contributed by atoms with Gasteiger partial charge >= 0.3 is 18.3 Å². The van der Waals surface area contributed by atoms with Crippen LogP contribution in [0.2, 0.25) is 0 Å². The normalized spacial score (nSPS) is 14.2. The highest BCUT2D eigenvalue weighted by atomic mass is 19.4. The number of alkyl halides is 6. The van der Waals surface area contributed by atoms with E-state index >= 15 is 0 Å². The molecule has 0 aliphatic carbocycles. The zero-order chi connectivity index (χ0) is 17.1. The number of aliphatic carboxylic acids is 1. The second kappa shape index (κ2) is 6.55. The molecule has 1 aromatic carbocycles.